The van der Waals surface area contributed by atoms with E-state index in [-0.39, 0.29) is 11.8 Å². The highest BCUT2D eigenvalue weighted by molar-refractivity contribution is 6.44. The van der Waals surface area contributed by atoms with E-state index in [0.29, 0.717) is 28.6 Å². The molecule has 25 heavy (non-hydrogen) atoms. The molecule has 0 saturated heterocycles. The Morgan fingerprint density at radius 2 is 2.00 bits per heavy atom. The second-order valence-corrected chi connectivity index (χ2v) is 6.66. The van der Waals surface area contributed by atoms with Crippen LogP contribution in [-0.2, 0) is 16.0 Å². The third kappa shape index (κ3) is 4.06. The van der Waals surface area contributed by atoms with Gasteiger partial charge in [-0.15, -0.1) is 0 Å². The highest BCUT2D eigenvalue weighted by atomic mass is 35.5. The summed E-state index contributed by atoms with van der Waals surface area (Å²) in [4.78, 5) is 23.8. The summed E-state index contributed by atoms with van der Waals surface area (Å²) in [6.07, 6.45) is 1.16. The van der Waals surface area contributed by atoms with Crippen LogP contribution in [0.5, 0.6) is 0 Å². The highest BCUT2D eigenvalue weighted by Gasteiger charge is 2.18. The first-order chi connectivity index (χ1) is 11.9. The van der Waals surface area contributed by atoms with Crippen LogP contribution in [0.1, 0.15) is 18.9 Å². The van der Waals surface area contributed by atoms with Gasteiger partial charge < -0.3 is 16.0 Å². The fraction of sp³-hybridized carbons (Fsp3) is 0.222. The molecule has 0 fully saturated rings. The number of carbonyl (C=O) groups excluding carboxylic acids is 2. The average Bonchev–Trinajstić information content (AvgIpc) is 2.59. The average molecular weight is 378 g/mol. The summed E-state index contributed by atoms with van der Waals surface area (Å²) in [6.45, 7) is 1.76. The van der Waals surface area contributed by atoms with E-state index < -0.39 is 6.04 Å². The first kappa shape index (κ1) is 17.6. The minimum atomic E-state index is -0.480. The van der Waals surface area contributed by atoms with Crippen LogP contribution in [0.4, 0.5) is 17.1 Å². The van der Waals surface area contributed by atoms with Crippen molar-refractivity contribution in [2.24, 2.45) is 0 Å². The van der Waals surface area contributed by atoms with Crippen LogP contribution in [0.15, 0.2) is 36.4 Å². The monoisotopic (exact) mass is 377 g/mol. The van der Waals surface area contributed by atoms with Crippen LogP contribution in [0.2, 0.25) is 10.0 Å². The van der Waals surface area contributed by atoms with Crippen molar-refractivity contribution in [3.63, 3.8) is 0 Å². The lowest BCUT2D eigenvalue weighted by molar-refractivity contribution is -0.117. The minimum Gasteiger partial charge on any atom is -0.374 e. The lowest BCUT2D eigenvalue weighted by Gasteiger charge is -2.20. The van der Waals surface area contributed by atoms with Crippen molar-refractivity contribution in [3.8, 4) is 0 Å². The van der Waals surface area contributed by atoms with Crippen molar-refractivity contribution in [2.45, 2.75) is 25.8 Å². The van der Waals surface area contributed by atoms with Gasteiger partial charge in [0.05, 0.1) is 15.7 Å². The number of hydrogen-bond acceptors (Lipinski definition) is 3. The number of aryl methyl sites for hydroxylation is 1. The number of amides is 2. The molecule has 0 bridgehead atoms. The van der Waals surface area contributed by atoms with Crippen LogP contribution in [0, 0.1) is 0 Å². The van der Waals surface area contributed by atoms with Gasteiger partial charge in [-0.3, -0.25) is 9.59 Å². The van der Waals surface area contributed by atoms with Crippen LogP contribution < -0.4 is 16.0 Å². The predicted molar refractivity (Wildman–Crippen MR) is 102 cm³/mol. The summed E-state index contributed by atoms with van der Waals surface area (Å²) in [5.74, 6) is -0.199. The van der Waals surface area contributed by atoms with Crippen LogP contribution in [0.3, 0.4) is 0 Å². The van der Waals surface area contributed by atoms with Gasteiger partial charge in [-0.05, 0) is 49.2 Å². The first-order valence-corrected chi connectivity index (χ1v) is 8.64. The molecule has 0 spiro atoms. The predicted octanol–water partition coefficient (Wildman–Crippen LogP) is 4.32. The molecule has 3 rings (SSSR count). The molecule has 7 heteroatoms. The SMILES string of the molecule is CC(Nc1ccc2c(c1)CCC(=O)N2)C(=O)Nc1cccc(Cl)c1Cl. The maximum absolute atomic E-state index is 12.4. The molecule has 5 nitrogen and oxygen atoms in total. The molecular formula is C18H17Cl2N3O2. The number of benzene rings is 2. The molecule has 0 aromatic heterocycles. The van der Waals surface area contributed by atoms with Crippen LogP contribution >= 0.6 is 23.2 Å². The van der Waals surface area contributed by atoms with E-state index >= 15 is 0 Å². The van der Waals surface area contributed by atoms with Gasteiger partial charge in [0.25, 0.3) is 0 Å². The number of rotatable bonds is 4. The Bertz CT molecular complexity index is 839. The van der Waals surface area contributed by atoms with Crippen LogP contribution in [-0.4, -0.2) is 17.9 Å². The molecule has 3 N–H and O–H groups in total. The number of fused-ring (bicyclic) bond motifs is 1. The van der Waals surface area contributed by atoms with Crippen molar-refractivity contribution in [1.29, 1.82) is 0 Å². The minimum absolute atomic E-state index is 0.0272. The standard InChI is InChI=1S/C18H17Cl2N3O2/c1-10(18(25)23-15-4-2-3-13(19)17(15)20)21-12-6-7-14-11(9-12)5-8-16(24)22-14/h2-4,6-7,9-10,21H,5,8H2,1H3,(H,22,24)(H,23,25). The van der Waals surface area contributed by atoms with Gasteiger partial charge in [0, 0.05) is 17.8 Å². The summed E-state index contributed by atoms with van der Waals surface area (Å²) in [5.41, 5.74) is 3.16. The molecule has 1 heterocycles. The highest BCUT2D eigenvalue weighted by Crippen LogP contribution is 2.30. The molecule has 2 amide bonds. The van der Waals surface area contributed by atoms with E-state index in [1.54, 1.807) is 25.1 Å². The number of hydrogen-bond donors (Lipinski definition) is 3. The Kier molecular flexibility index (Phi) is 5.16. The summed E-state index contributed by atoms with van der Waals surface area (Å²) in [6, 6.07) is 10.2. The van der Waals surface area contributed by atoms with E-state index in [1.165, 1.54) is 0 Å². The second kappa shape index (κ2) is 7.33. The van der Waals surface area contributed by atoms with E-state index in [9.17, 15) is 9.59 Å². The smallest absolute Gasteiger partial charge is 0.246 e. The molecule has 0 saturated carbocycles. The number of halogens is 2. The Hall–Kier alpha value is -2.24. The zero-order valence-electron chi connectivity index (χ0n) is 13.5. The molecule has 2 aromatic rings. The van der Waals surface area contributed by atoms with Gasteiger partial charge in [0.15, 0.2) is 0 Å². The van der Waals surface area contributed by atoms with E-state index in [1.807, 2.05) is 18.2 Å². The fourth-order valence-corrected chi connectivity index (χ4v) is 2.98. The lowest BCUT2D eigenvalue weighted by atomic mass is 10.0. The summed E-state index contributed by atoms with van der Waals surface area (Å²) in [7, 11) is 0. The largest absolute Gasteiger partial charge is 0.374 e. The number of carbonyl (C=O) groups is 2. The molecule has 1 atom stereocenters. The third-order valence-electron chi connectivity index (χ3n) is 3.99. The van der Waals surface area contributed by atoms with E-state index in [0.717, 1.165) is 16.9 Å². The maximum Gasteiger partial charge on any atom is 0.246 e. The van der Waals surface area contributed by atoms with Gasteiger partial charge in [0.1, 0.15) is 6.04 Å². The quantitative estimate of drug-likeness (QED) is 0.742. The van der Waals surface area contributed by atoms with Crippen molar-refractivity contribution in [3.05, 3.63) is 52.0 Å². The van der Waals surface area contributed by atoms with Crippen molar-refractivity contribution in [1.82, 2.24) is 0 Å². The molecule has 0 radical (unpaired) electrons. The topological polar surface area (TPSA) is 70.2 Å². The Morgan fingerprint density at radius 1 is 1.20 bits per heavy atom. The molecule has 1 aliphatic rings. The fourth-order valence-electron chi connectivity index (χ4n) is 2.63. The molecule has 1 unspecified atom stereocenters. The van der Waals surface area contributed by atoms with Gasteiger partial charge >= 0.3 is 0 Å². The normalized spacial score (nSPS) is 14.3. The van der Waals surface area contributed by atoms with E-state index in [4.69, 9.17) is 23.2 Å². The zero-order chi connectivity index (χ0) is 18.0. The first-order valence-electron chi connectivity index (χ1n) is 7.88. The molecular weight excluding hydrogens is 361 g/mol. The van der Waals surface area contributed by atoms with Gasteiger partial charge in [-0.1, -0.05) is 29.3 Å². The third-order valence-corrected chi connectivity index (χ3v) is 4.81. The zero-order valence-corrected chi connectivity index (χ0v) is 15.0. The summed E-state index contributed by atoms with van der Waals surface area (Å²) in [5, 5.41) is 9.46. The lowest BCUT2D eigenvalue weighted by Crippen LogP contribution is -2.32. The summed E-state index contributed by atoms with van der Waals surface area (Å²) < 4.78 is 0. The van der Waals surface area contributed by atoms with Crippen molar-refractivity contribution < 1.29 is 9.59 Å². The molecule has 0 aliphatic carbocycles. The second-order valence-electron chi connectivity index (χ2n) is 5.88. The Balaban J connectivity index is 1.67. The molecule has 130 valence electrons. The molecule has 1 aliphatic heterocycles. The van der Waals surface area contributed by atoms with E-state index in [2.05, 4.69) is 16.0 Å². The Labute approximate surface area is 155 Å². The maximum atomic E-state index is 12.4. The van der Waals surface area contributed by atoms with Crippen LogP contribution in [0.25, 0.3) is 0 Å². The van der Waals surface area contributed by atoms with Gasteiger partial charge in [-0.25, -0.2) is 0 Å². The Morgan fingerprint density at radius 3 is 2.80 bits per heavy atom. The number of nitrogens with one attached hydrogen (secondary N) is 3. The van der Waals surface area contributed by atoms with Gasteiger partial charge in [0.2, 0.25) is 11.8 Å². The summed E-state index contributed by atoms with van der Waals surface area (Å²) >= 11 is 12.0. The van der Waals surface area contributed by atoms with Crippen molar-refractivity contribution >= 4 is 52.1 Å². The van der Waals surface area contributed by atoms with Crippen molar-refractivity contribution in [2.75, 3.05) is 16.0 Å². The number of anilines is 3. The van der Waals surface area contributed by atoms with Gasteiger partial charge in [-0.2, -0.15) is 0 Å². The molecule has 2 aromatic carbocycles.